The number of hydrogen-bond donors (Lipinski definition) is 0. The van der Waals surface area contributed by atoms with E-state index in [2.05, 4.69) is 0 Å². The molecule has 60 valence electrons. The summed E-state index contributed by atoms with van der Waals surface area (Å²) >= 11 is 5.66. The molecule has 1 aromatic carbocycles. The van der Waals surface area contributed by atoms with Crippen molar-refractivity contribution in [2.24, 2.45) is 0 Å². The Morgan fingerprint density at radius 3 is 2.55 bits per heavy atom. The van der Waals surface area contributed by atoms with Crippen molar-refractivity contribution in [2.45, 2.75) is 19.4 Å². The van der Waals surface area contributed by atoms with Gasteiger partial charge < -0.3 is 4.74 Å². The fourth-order valence-corrected chi connectivity index (χ4v) is 0.960. The third kappa shape index (κ3) is 2.43. The van der Waals surface area contributed by atoms with Crippen LogP contribution in [0.25, 0.3) is 0 Å². The number of hydrogen-bond acceptors (Lipinski definition) is 1. The van der Waals surface area contributed by atoms with Crippen LogP contribution in [-0.4, -0.2) is 5.56 Å². The predicted molar refractivity (Wildman–Crippen MR) is 47.1 cm³/mol. The molecule has 1 unspecified atom stereocenters. The molecule has 0 aliphatic carbocycles. The number of para-hydroxylation sites is 1. The van der Waals surface area contributed by atoms with Crippen molar-refractivity contribution in [3.63, 3.8) is 0 Å². The predicted octanol–water partition coefficient (Wildman–Crippen LogP) is 2.96. The molecule has 1 nitrogen and oxygen atoms in total. The third-order valence-corrected chi connectivity index (χ3v) is 1.47. The molecule has 0 heterocycles. The highest BCUT2D eigenvalue weighted by atomic mass is 35.5. The van der Waals surface area contributed by atoms with Crippen molar-refractivity contribution in [1.29, 1.82) is 0 Å². The summed E-state index contributed by atoms with van der Waals surface area (Å²) in [5, 5.41) is 0. The Morgan fingerprint density at radius 1 is 1.36 bits per heavy atom. The minimum atomic E-state index is -0.268. The summed E-state index contributed by atoms with van der Waals surface area (Å²) in [6.07, 6.45) is 0. The van der Waals surface area contributed by atoms with Crippen molar-refractivity contribution in [3.05, 3.63) is 29.8 Å². The topological polar surface area (TPSA) is 9.23 Å². The average Bonchev–Trinajstić information content (AvgIpc) is 1.93. The lowest BCUT2D eigenvalue weighted by Crippen LogP contribution is -2.03. The lowest BCUT2D eigenvalue weighted by atomic mass is 10.2. The first-order valence-corrected chi connectivity index (χ1v) is 4.00. The van der Waals surface area contributed by atoms with Crippen LogP contribution in [0.1, 0.15) is 12.5 Å². The zero-order valence-electron chi connectivity index (χ0n) is 6.67. The van der Waals surface area contributed by atoms with E-state index >= 15 is 0 Å². The second-order valence-corrected chi connectivity index (χ2v) is 3.04. The summed E-state index contributed by atoms with van der Waals surface area (Å²) in [7, 11) is 0. The minimum absolute atomic E-state index is 0.268. The van der Waals surface area contributed by atoms with E-state index in [4.69, 9.17) is 16.3 Å². The Bertz CT molecular complexity index is 233. The molecule has 0 spiro atoms. The molecule has 1 atom stereocenters. The van der Waals surface area contributed by atoms with Gasteiger partial charge in [-0.1, -0.05) is 29.8 Å². The first-order valence-electron chi connectivity index (χ1n) is 3.56. The molecule has 0 aliphatic heterocycles. The van der Waals surface area contributed by atoms with E-state index in [-0.39, 0.29) is 5.56 Å². The second-order valence-electron chi connectivity index (χ2n) is 2.43. The van der Waals surface area contributed by atoms with E-state index in [9.17, 15) is 0 Å². The van der Waals surface area contributed by atoms with E-state index in [0.29, 0.717) is 0 Å². The molecule has 0 saturated carbocycles. The number of aryl methyl sites for hydroxylation is 1. The fraction of sp³-hybridized carbons (Fsp3) is 0.333. The minimum Gasteiger partial charge on any atom is -0.475 e. The van der Waals surface area contributed by atoms with Gasteiger partial charge in [0.2, 0.25) is 0 Å². The number of halogens is 1. The normalized spacial score (nSPS) is 12.6. The summed E-state index contributed by atoms with van der Waals surface area (Å²) in [6, 6.07) is 7.81. The third-order valence-electron chi connectivity index (χ3n) is 1.38. The molecule has 1 aromatic rings. The summed E-state index contributed by atoms with van der Waals surface area (Å²) in [4.78, 5) is 0. The van der Waals surface area contributed by atoms with Crippen LogP contribution >= 0.6 is 11.6 Å². The maximum atomic E-state index is 5.66. The molecule has 0 bridgehead atoms. The SMILES string of the molecule is Cc1ccccc1OC(C)Cl. The highest BCUT2D eigenvalue weighted by Crippen LogP contribution is 2.18. The quantitative estimate of drug-likeness (QED) is 0.621. The van der Waals surface area contributed by atoms with Crippen molar-refractivity contribution < 1.29 is 4.74 Å². The lowest BCUT2D eigenvalue weighted by molar-refractivity contribution is 0.299. The maximum absolute atomic E-state index is 5.66. The van der Waals surface area contributed by atoms with Gasteiger partial charge in [0.1, 0.15) is 5.75 Å². The smallest absolute Gasteiger partial charge is 0.169 e. The Morgan fingerprint density at radius 2 is 2.00 bits per heavy atom. The summed E-state index contributed by atoms with van der Waals surface area (Å²) < 4.78 is 5.31. The number of rotatable bonds is 2. The zero-order valence-corrected chi connectivity index (χ0v) is 7.43. The summed E-state index contributed by atoms with van der Waals surface area (Å²) in [6.45, 7) is 3.79. The van der Waals surface area contributed by atoms with Gasteiger partial charge in [-0.25, -0.2) is 0 Å². The van der Waals surface area contributed by atoms with Crippen molar-refractivity contribution in [2.75, 3.05) is 0 Å². The van der Waals surface area contributed by atoms with E-state index < -0.39 is 0 Å². The van der Waals surface area contributed by atoms with Gasteiger partial charge in [0.15, 0.2) is 5.56 Å². The second kappa shape index (κ2) is 3.63. The van der Waals surface area contributed by atoms with Crippen LogP contribution in [0.3, 0.4) is 0 Å². The molecular formula is C9H11ClO. The van der Waals surface area contributed by atoms with Gasteiger partial charge in [-0.2, -0.15) is 0 Å². The molecule has 2 heteroatoms. The van der Waals surface area contributed by atoms with Gasteiger partial charge in [0.25, 0.3) is 0 Å². The molecule has 0 fully saturated rings. The first-order chi connectivity index (χ1) is 5.20. The van der Waals surface area contributed by atoms with E-state index in [1.807, 2.05) is 31.2 Å². The average molecular weight is 171 g/mol. The molecule has 0 aliphatic rings. The lowest BCUT2D eigenvalue weighted by Gasteiger charge is -2.09. The van der Waals surface area contributed by atoms with Gasteiger partial charge in [-0.15, -0.1) is 0 Å². The summed E-state index contributed by atoms with van der Waals surface area (Å²) in [5.41, 5.74) is 0.844. The van der Waals surface area contributed by atoms with Crippen LogP contribution in [0.15, 0.2) is 24.3 Å². The fourth-order valence-electron chi connectivity index (χ4n) is 0.864. The molecule has 0 saturated heterocycles. The Labute approximate surface area is 71.9 Å². The molecule has 0 amide bonds. The van der Waals surface area contributed by atoms with Crippen molar-refractivity contribution in [1.82, 2.24) is 0 Å². The maximum Gasteiger partial charge on any atom is 0.169 e. The van der Waals surface area contributed by atoms with Gasteiger partial charge in [0.05, 0.1) is 0 Å². The number of ether oxygens (including phenoxy) is 1. The number of benzene rings is 1. The van der Waals surface area contributed by atoms with Crippen LogP contribution < -0.4 is 4.74 Å². The van der Waals surface area contributed by atoms with Crippen LogP contribution in [0, 0.1) is 6.92 Å². The highest BCUT2D eigenvalue weighted by Gasteiger charge is 2.00. The highest BCUT2D eigenvalue weighted by molar-refractivity contribution is 6.19. The first kappa shape index (κ1) is 8.41. The Hall–Kier alpha value is -0.690. The van der Waals surface area contributed by atoms with Crippen LogP contribution in [0.5, 0.6) is 5.75 Å². The van der Waals surface area contributed by atoms with Gasteiger partial charge >= 0.3 is 0 Å². The zero-order chi connectivity index (χ0) is 8.27. The summed E-state index contributed by atoms with van der Waals surface area (Å²) in [5.74, 6) is 0.856. The molecular weight excluding hydrogens is 160 g/mol. The van der Waals surface area contributed by atoms with Crippen molar-refractivity contribution >= 4 is 11.6 Å². The van der Waals surface area contributed by atoms with Crippen molar-refractivity contribution in [3.8, 4) is 5.75 Å². The molecule has 0 aromatic heterocycles. The Balaban J connectivity index is 2.78. The van der Waals surface area contributed by atoms with Gasteiger partial charge in [0, 0.05) is 0 Å². The van der Waals surface area contributed by atoms with E-state index in [1.54, 1.807) is 6.92 Å². The molecule has 0 radical (unpaired) electrons. The van der Waals surface area contributed by atoms with Crippen LogP contribution in [-0.2, 0) is 0 Å². The van der Waals surface area contributed by atoms with E-state index in [0.717, 1.165) is 11.3 Å². The largest absolute Gasteiger partial charge is 0.475 e. The van der Waals surface area contributed by atoms with Crippen LogP contribution in [0.2, 0.25) is 0 Å². The molecule has 1 rings (SSSR count). The van der Waals surface area contributed by atoms with Crippen LogP contribution in [0.4, 0.5) is 0 Å². The standard InChI is InChI=1S/C9H11ClO/c1-7-5-3-4-6-9(7)11-8(2)10/h3-6,8H,1-2H3. The number of alkyl halides is 1. The molecule has 11 heavy (non-hydrogen) atoms. The molecule has 0 N–H and O–H groups in total. The Kier molecular flexibility index (Phi) is 2.77. The van der Waals surface area contributed by atoms with Gasteiger partial charge in [-0.05, 0) is 25.5 Å². The van der Waals surface area contributed by atoms with Gasteiger partial charge in [-0.3, -0.25) is 0 Å². The monoisotopic (exact) mass is 170 g/mol. The van der Waals surface area contributed by atoms with E-state index in [1.165, 1.54) is 0 Å².